The second kappa shape index (κ2) is 8.94. The van der Waals surface area contributed by atoms with E-state index in [9.17, 15) is 29.0 Å². The van der Waals surface area contributed by atoms with Crippen molar-refractivity contribution in [3.05, 3.63) is 78.3 Å². The summed E-state index contributed by atoms with van der Waals surface area (Å²) in [7, 11) is 0. The van der Waals surface area contributed by atoms with Crippen molar-refractivity contribution >= 4 is 46.7 Å². The van der Waals surface area contributed by atoms with Crippen molar-refractivity contribution in [1.82, 2.24) is 4.57 Å². The normalized spacial score (nSPS) is 10.9. The lowest BCUT2D eigenvalue weighted by Crippen LogP contribution is -2.25. The molecule has 0 unspecified atom stereocenters. The number of carbonyl (C=O) groups is 2. The van der Waals surface area contributed by atoms with Crippen molar-refractivity contribution in [2.24, 2.45) is 0 Å². The predicted octanol–water partition coefficient (Wildman–Crippen LogP) is 6.01. The molecule has 32 heavy (non-hydrogen) atoms. The van der Waals surface area contributed by atoms with Crippen LogP contribution in [0.2, 0.25) is 15.1 Å². The van der Waals surface area contributed by atoms with E-state index in [1.54, 1.807) is 6.92 Å². The molecule has 10 heteroatoms. The minimum absolute atomic E-state index is 0.0673. The molecule has 0 radical (unpaired) electrons. The van der Waals surface area contributed by atoms with Gasteiger partial charge in [-0.25, -0.2) is 14.0 Å². The van der Waals surface area contributed by atoms with Crippen molar-refractivity contribution in [3.63, 3.8) is 0 Å². The van der Waals surface area contributed by atoms with Gasteiger partial charge in [0.05, 0.1) is 31.9 Å². The Morgan fingerprint density at radius 1 is 1.00 bits per heavy atom. The maximum atomic E-state index is 14.8. The van der Waals surface area contributed by atoms with Gasteiger partial charge in [-0.05, 0) is 38.1 Å². The van der Waals surface area contributed by atoms with Crippen LogP contribution in [0.15, 0.2) is 35.1 Å². The lowest BCUT2D eigenvalue weighted by Gasteiger charge is -2.21. The number of aromatic nitrogens is 1. The number of halogens is 4. The maximum Gasteiger partial charge on any atom is 0.341 e. The highest BCUT2D eigenvalue weighted by atomic mass is 35.5. The molecule has 1 aromatic heterocycles. The highest BCUT2D eigenvalue weighted by molar-refractivity contribution is 6.42. The predicted molar refractivity (Wildman–Crippen MR) is 121 cm³/mol. The van der Waals surface area contributed by atoms with Crippen LogP contribution in [0.25, 0.3) is 22.4 Å². The van der Waals surface area contributed by atoms with E-state index in [0.29, 0.717) is 5.56 Å². The summed E-state index contributed by atoms with van der Waals surface area (Å²) in [5, 5.41) is 19.3. The van der Waals surface area contributed by atoms with Gasteiger partial charge in [0, 0.05) is 23.4 Å². The van der Waals surface area contributed by atoms with Crippen molar-refractivity contribution in [1.29, 1.82) is 0 Å². The number of rotatable bonds is 5. The number of aromatic carboxylic acids is 2. The van der Waals surface area contributed by atoms with Crippen molar-refractivity contribution in [3.8, 4) is 22.4 Å². The summed E-state index contributed by atoms with van der Waals surface area (Å²) in [5.74, 6) is -3.91. The fourth-order valence-electron chi connectivity index (χ4n) is 3.59. The fourth-order valence-corrected chi connectivity index (χ4v) is 4.12. The Morgan fingerprint density at radius 3 is 2.19 bits per heavy atom. The Balaban J connectivity index is 2.50. The number of nitrogens with zero attached hydrogens (tertiary/aromatic N) is 1. The average Bonchev–Trinajstić information content (AvgIpc) is 2.70. The Hall–Kier alpha value is -2.87. The average molecular weight is 499 g/mol. The number of carboxylic acids is 2. The molecule has 0 amide bonds. The molecule has 0 bridgehead atoms. The highest BCUT2D eigenvalue weighted by Gasteiger charge is 2.28. The van der Waals surface area contributed by atoms with Crippen LogP contribution in [0.5, 0.6) is 0 Å². The monoisotopic (exact) mass is 497 g/mol. The lowest BCUT2D eigenvalue weighted by molar-refractivity contribution is 0.0685. The van der Waals surface area contributed by atoms with Gasteiger partial charge in [0.2, 0.25) is 5.43 Å². The van der Waals surface area contributed by atoms with E-state index in [-0.39, 0.29) is 44.1 Å². The lowest BCUT2D eigenvalue weighted by atomic mass is 9.95. The zero-order chi connectivity index (χ0) is 23.9. The molecule has 0 aliphatic carbocycles. The Kier molecular flexibility index (Phi) is 6.64. The van der Waals surface area contributed by atoms with Crippen LogP contribution in [0.3, 0.4) is 0 Å². The summed E-state index contributed by atoms with van der Waals surface area (Å²) in [4.78, 5) is 37.0. The molecule has 0 saturated carbocycles. The molecular weight excluding hydrogens is 484 g/mol. The van der Waals surface area contributed by atoms with Crippen LogP contribution in [-0.4, -0.2) is 26.7 Å². The minimum Gasteiger partial charge on any atom is -0.478 e. The van der Waals surface area contributed by atoms with Crippen LogP contribution in [0, 0.1) is 12.7 Å². The van der Waals surface area contributed by atoms with Gasteiger partial charge in [-0.15, -0.1) is 0 Å². The number of hydrogen-bond acceptors (Lipinski definition) is 3. The van der Waals surface area contributed by atoms with Crippen molar-refractivity contribution < 1.29 is 24.2 Å². The van der Waals surface area contributed by atoms with E-state index in [0.717, 1.165) is 12.1 Å². The highest BCUT2D eigenvalue weighted by Crippen LogP contribution is 2.34. The molecule has 0 saturated heterocycles. The summed E-state index contributed by atoms with van der Waals surface area (Å²) in [6.45, 7) is 3.45. The topological polar surface area (TPSA) is 96.6 Å². The second-order valence-corrected chi connectivity index (χ2v) is 8.03. The number of pyridine rings is 1. The summed E-state index contributed by atoms with van der Waals surface area (Å²) in [6.07, 6.45) is 0. The molecule has 3 aromatic rings. The molecule has 1 heterocycles. The Bertz CT molecular complexity index is 1350. The molecule has 2 aromatic carbocycles. The summed E-state index contributed by atoms with van der Waals surface area (Å²) < 4.78 is 16.3. The molecule has 2 N–H and O–H groups in total. The van der Waals surface area contributed by atoms with Gasteiger partial charge in [0.1, 0.15) is 11.4 Å². The summed E-state index contributed by atoms with van der Waals surface area (Å²) >= 11 is 17.9. The first-order chi connectivity index (χ1) is 15.0. The first-order valence-electron chi connectivity index (χ1n) is 9.18. The first kappa shape index (κ1) is 23.8. The van der Waals surface area contributed by atoms with Gasteiger partial charge in [-0.2, -0.15) is 0 Å². The summed E-state index contributed by atoms with van der Waals surface area (Å²) in [6, 6.07) is 6.13. The van der Waals surface area contributed by atoms with Crippen LogP contribution >= 0.6 is 34.8 Å². The molecular formula is C22H15Cl3FNO5. The van der Waals surface area contributed by atoms with E-state index in [1.807, 2.05) is 0 Å². The van der Waals surface area contributed by atoms with E-state index < -0.39 is 34.3 Å². The molecule has 0 spiro atoms. The second-order valence-electron chi connectivity index (χ2n) is 6.81. The van der Waals surface area contributed by atoms with Crippen molar-refractivity contribution in [2.75, 3.05) is 0 Å². The van der Waals surface area contributed by atoms with Crippen LogP contribution in [-0.2, 0) is 6.54 Å². The van der Waals surface area contributed by atoms with E-state index >= 15 is 0 Å². The largest absolute Gasteiger partial charge is 0.478 e. The zero-order valence-electron chi connectivity index (χ0n) is 16.7. The molecule has 0 atom stereocenters. The quantitative estimate of drug-likeness (QED) is 0.449. The SMILES string of the molecule is CCn1c(C)c(-c2cc(C(=O)O)c(Cl)cc2F)c(=O)c(C(=O)O)c1-c1ccc(Cl)c(Cl)c1. The molecule has 0 aliphatic rings. The third-order valence-electron chi connectivity index (χ3n) is 5.01. The Morgan fingerprint density at radius 2 is 1.66 bits per heavy atom. The third-order valence-corrected chi connectivity index (χ3v) is 6.06. The van der Waals surface area contributed by atoms with Crippen LogP contribution in [0.4, 0.5) is 4.39 Å². The van der Waals surface area contributed by atoms with Crippen LogP contribution < -0.4 is 5.43 Å². The standard InChI is InChI=1S/C22H15Cl3FNO5/c1-3-27-9(2)17(12-7-11(21(29)30)14(24)8-16(12)26)20(28)18(22(31)32)19(27)10-4-5-13(23)15(25)6-10/h4-8H,3H2,1-2H3,(H,29,30)(H,31,32). The molecule has 0 aliphatic heterocycles. The maximum absolute atomic E-state index is 14.8. The van der Waals surface area contributed by atoms with E-state index in [2.05, 4.69) is 0 Å². The van der Waals surface area contributed by atoms with Gasteiger partial charge in [0.15, 0.2) is 0 Å². The molecule has 6 nitrogen and oxygen atoms in total. The molecule has 166 valence electrons. The van der Waals surface area contributed by atoms with Gasteiger partial charge in [-0.3, -0.25) is 4.79 Å². The molecule has 3 rings (SSSR count). The van der Waals surface area contributed by atoms with Gasteiger partial charge in [-0.1, -0.05) is 40.9 Å². The van der Waals surface area contributed by atoms with Gasteiger partial charge < -0.3 is 14.8 Å². The Labute approximate surface area is 196 Å². The molecule has 0 fully saturated rings. The van der Waals surface area contributed by atoms with E-state index in [4.69, 9.17) is 34.8 Å². The number of benzene rings is 2. The van der Waals surface area contributed by atoms with Crippen molar-refractivity contribution in [2.45, 2.75) is 20.4 Å². The van der Waals surface area contributed by atoms with E-state index in [1.165, 1.54) is 29.7 Å². The minimum atomic E-state index is -1.53. The number of hydrogen-bond donors (Lipinski definition) is 2. The first-order valence-corrected chi connectivity index (χ1v) is 10.3. The van der Waals surface area contributed by atoms with Gasteiger partial charge in [0.25, 0.3) is 0 Å². The van der Waals surface area contributed by atoms with Crippen LogP contribution in [0.1, 0.15) is 33.3 Å². The smallest absolute Gasteiger partial charge is 0.341 e. The van der Waals surface area contributed by atoms with Gasteiger partial charge >= 0.3 is 11.9 Å². The third kappa shape index (κ3) is 3.99. The zero-order valence-corrected chi connectivity index (χ0v) is 18.9. The number of carboxylic acid groups (broad SMARTS) is 2. The summed E-state index contributed by atoms with van der Waals surface area (Å²) in [5.41, 5.74) is -2.01. The fraction of sp³-hybridized carbons (Fsp3) is 0.136.